The number of rotatable bonds is 9. The van der Waals surface area contributed by atoms with Gasteiger partial charge < -0.3 is 14.6 Å². The topological polar surface area (TPSA) is 69.0 Å². The van der Waals surface area contributed by atoms with E-state index < -0.39 is 0 Å². The zero-order valence-electron chi connectivity index (χ0n) is 19.6. The van der Waals surface area contributed by atoms with Gasteiger partial charge in [-0.1, -0.05) is 49.2 Å². The number of aryl methyl sites for hydroxylation is 2. The minimum absolute atomic E-state index is 0.123. The Hall–Kier alpha value is -2.80. The molecule has 0 spiro atoms. The number of carbonyl (C=O) groups is 1. The number of carbonyl (C=O) groups excluding carboxylic acids is 1. The number of ketones is 1. The van der Waals surface area contributed by atoms with Crippen LogP contribution in [0.2, 0.25) is 0 Å². The molecule has 7 heteroatoms. The van der Waals surface area contributed by atoms with Crippen molar-refractivity contribution in [1.82, 2.24) is 14.8 Å². The minimum atomic E-state index is 0.123. The van der Waals surface area contributed by atoms with Crippen LogP contribution >= 0.6 is 11.8 Å². The zero-order valence-corrected chi connectivity index (χ0v) is 20.5. The average molecular weight is 465 g/mol. The molecule has 1 heterocycles. The fourth-order valence-electron chi connectivity index (χ4n) is 4.27. The quantitative estimate of drug-likeness (QED) is 0.310. The highest BCUT2D eigenvalue weighted by atomic mass is 32.2. The van der Waals surface area contributed by atoms with Gasteiger partial charge in [-0.15, -0.1) is 10.2 Å². The molecule has 174 valence electrons. The molecular formula is C26H32N4O2S. The lowest BCUT2D eigenvalue weighted by atomic mass is 9.95. The summed E-state index contributed by atoms with van der Waals surface area (Å²) in [4.78, 5) is 12.8. The number of anilines is 1. The largest absolute Gasteiger partial charge is 0.497 e. The highest BCUT2D eigenvalue weighted by molar-refractivity contribution is 7.99. The smallest absolute Gasteiger partial charge is 0.191 e. The van der Waals surface area contributed by atoms with Crippen LogP contribution in [0.5, 0.6) is 5.75 Å². The molecule has 1 saturated carbocycles. The number of benzene rings is 2. The average Bonchev–Trinajstić information content (AvgIpc) is 3.26. The van der Waals surface area contributed by atoms with Gasteiger partial charge in [-0.25, -0.2) is 0 Å². The van der Waals surface area contributed by atoms with Gasteiger partial charge in [0.05, 0.1) is 19.4 Å². The number of methoxy groups -OCH3 is 1. The molecule has 0 amide bonds. The first-order valence-corrected chi connectivity index (χ1v) is 12.6. The summed E-state index contributed by atoms with van der Waals surface area (Å²) in [5.41, 5.74) is 4.08. The van der Waals surface area contributed by atoms with Crippen molar-refractivity contribution < 1.29 is 9.53 Å². The maximum Gasteiger partial charge on any atom is 0.191 e. The van der Waals surface area contributed by atoms with E-state index in [1.54, 1.807) is 7.11 Å². The molecule has 4 rings (SSSR count). The summed E-state index contributed by atoms with van der Waals surface area (Å²) in [6.45, 7) is 4.68. The van der Waals surface area contributed by atoms with Crippen LogP contribution in [0.1, 0.15) is 65.5 Å². The van der Waals surface area contributed by atoms with E-state index in [4.69, 9.17) is 4.74 Å². The molecule has 0 unspecified atom stereocenters. The Morgan fingerprint density at radius 3 is 2.67 bits per heavy atom. The standard InChI is InChI=1S/C26H32N4O2S/c1-18-12-13-20(14-19(18)2)24(31)17-33-26-29-28-25(30(26)22-9-5-4-6-10-22)16-27-21-8-7-11-23(15-21)32-3/h7-8,11-15,22,27H,4-6,9-10,16-17H2,1-3H3. The third kappa shape index (κ3) is 5.77. The van der Waals surface area contributed by atoms with Gasteiger partial charge in [-0.3, -0.25) is 4.79 Å². The van der Waals surface area contributed by atoms with Crippen molar-refractivity contribution in [1.29, 1.82) is 0 Å². The van der Waals surface area contributed by atoms with Gasteiger partial charge in [0, 0.05) is 23.4 Å². The Labute approximate surface area is 200 Å². The number of thioether (sulfide) groups is 1. The molecule has 1 N–H and O–H groups in total. The monoisotopic (exact) mass is 464 g/mol. The van der Waals surface area contributed by atoms with Gasteiger partial charge in [0.1, 0.15) is 5.75 Å². The van der Waals surface area contributed by atoms with Crippen LogP contribution in [-0.2, 0) is 6.54 Å². The minimum Gasteiger partial charge on any atom is -0.497 e. The summed E-state index contributed by atoms with van der Waals surface area (Å²) in [6, 6.07) is 14.2. The first kappa shape index (κ1) is 23.4. The van der Waals surface area contributed by atoms with Crippen molar-refractivity contribution in [3.05, 3.63) is 65.0 Å². The molecule has 2 aromatic carbocycles. The lowest BCUT2D eigenvalue weighted by molar-refractivity contribution is 0.102. The number of nitrogens with zero attached hydrogens (tertiary/aromatic N) is 3. The predicted octanol–water partition coefficient (Wildman–Crippen LogP) is 6.00. The second kappa shape index (κ2) is 10.9. The van der Waals surface area contributed by atoms with Crippen LogP contribution in [0.3, 0.4) is 0 Å². The van der Waals surface area contributed by atoms with E-state index in [-0.39, 0.29) is 5.78 Å². The Bertz CT molecular complexity index is 1110. The molecule has 6 nitrogen and oxygen atoms in total. The summed E-state index contributed by atoms with van der Waals surface area (Å²) < 4.78 is 7.59. The van der Waals surface area contributed by atoms with Gasteiger partial charge in [0.2, 0.25) is 0 Å². The highest BCUT2D eigenvalue weighted by Crippen LogP contribution is 2.33. The van der Waals surface area contributed by atoms with Crippen LogP contribution in [0.4, 0.5) is 5.69 Å². The second-order valence-corrected chi connectivity index (χ2v) is 9.60. The van der Waals surface area contributed by atoms with Crippen LogP contribution in [-0.4, -0.2) is 33.4 Å². The van der Waals surface area contributed by atoms with Crippen LogP contribution in [0.15, 0.2) is 47.6 Å². The molecule has 1 aromatic heterocycles. The van der Waals surface area contributed by atoms with Gasteiger partial charge in [-0.2, -0.15) is 0 Å². The summed E-state index contributed by atoms with van der Waals surface area (Å²) in [6.07, 6.45) is 5.98. The Morgan fingerprint density at radius 1 is 1.09 bits per heavy atom. The molecule has 0 saturated heterocycles. The number of aromatic nitrogens is 3. The number of Topliss-reactive ketones (excluding diaryl/α,β-unsaturated/α-hetero) is 1. The van der Waals surface area contributed by atoms with Gasteiger partial charge in [0.15, 0.2) is 16.8 Å². The van der Waals surface area contributed by atoms with Crippen molar-refractivity contribution in [3.63, 3.8) is 0 Å². The van der Waals surface area contributed by atoms with E-state index in [2.05, 4.69) is 27.0 Å². The fourth-order valence-corrected chi connectivity index (χ4v) is 5.19. The summed E-state index contributed by atoms with van der Waals surface area (Å²) >= 11 is 1.49. The molecule has 1 aliphatic carbocycles. The maximum absolute atomic E-state index is 12.8. The predicted molar refractivity (Wildman–Crippen MR) is 133 cm³/mol. The second-order valence-electron chi connectivity index (χ2n) is 8.66. The number of ether oxygens (including phenoxy) is 1. The van der Waals surface area contributed by atoms with Gasteiger partial charge in [-0.05, 0) is 56.0 Å². The summed E-state index contributed by atoms with van der Waals surface area (Å²) in [5, 5.41) is 13.3. The van der Waals surface area contributed by atoms with Gasteiger partial charge in [0.25, 0.3) is 0 Å². The van der Waals surface area contributed by atoms with Crippen molar-refractivity contribution >= 4 is 23.2 Å². The number of nitrogens with one attached hydrogen (secondary N) is 1. The molecule has 1 fully saturated rings. The first-order valence-electron chi connectivity index (χ1n) is 11.6. The van der Waals surface area contributed by atoms with Crippen molar-refractivity contribution in [2.24, 2.45) is 0 Å². The van der Waals surface area contributed by atoms with E-state index in [0.29, 0.717) is 18.3 Å². The van der Waals surface area contributed by atoms with E-state index in [1.165, 1.54) is 36.6 Å². The Kier molecular flexibility index (Phi) is 7.70. The zero-order chi connectivity index (χ0) is 23.2. The molecule has 3 aromatic rings. The van der Waals surface area contributed by atoms with E-state index >= 15 is 0 Å². The normalized spacial score (nSPS) is 14.3. The molecule has 0 radical (unpaired) electrons. The number of hydrogen-bond acceptors (Lipinski definition) is 6. The maximum atomic E-state index is 12.8. The van der Waals surface area contributed by atoms with Crippen molar-refractivity contribution in [2.45, 2.75) is 63.7 Å². The molecular weight excluding hydrogens is 432 g/mol. The Balaban J connectivity index is 1.50. The third-order valence-electron chi connectivity index (χ3n) is 6.36. The first-order chi connectivity index (χ1) is 16.0. The van der Waals surface area contributed by atoms with E-state index in [9.17, 15) is 4.79 Å². The van der Waals surface area contributed by atoms with Crippen molar-refractivity contribution in [3.8, 4) is 5.75 Å². The summed E-state index contributed by atoms with van der Waals surface area (Å²) in [7, 11) is 1.67. The van der Waals surface area contributed by atoms with Crippen molar-refractivity contribution in [2.75, 3.05) is 18.2 Å². The SMILES string of the molecule is COc1cccc(NCc2nnc(SCC(=O)c3ccc(C)c(C)c3)n2C2CCCCC2)c1. The highest BCUT2D eigenvalue weighted by Gasteiger charge is 2.23. The molecule has 1 aliphatic rings. The van der Waals surface area contributed by atoms with E-state index in [1.807, 2.05) is 49.4 Å². The van der Waals surface area contributed by atoms with Crippen LogP contribution in [0, 0.1) is 13.8 Å². The molecule has 0 bridgehead atoms. The van der Waals surface area contributed by atoms with Crippen LogP contribution < -0.4 is 10.1 Å². The summed E-state index contributed by atoms with van der Waals surface area (Å²) in [5.74, 6) is 2.20. The van der Waals surface area contributed by atoms with Gasteiger partial charge >= 0.3 is 0 Å². The van der Waals surface area contributed by atoms with E-state index in [0.717, 1.165) is 46.4 Å². The third-order valence-corrected chi connectivity index (χ3v) is 7.30. The molecule has 0 aliphatic heterocycles. The molecule has 33 heavy (non-hydrogen) atoms. The molecule has 0 atom stereocenters. The Morgan fingerprint density at radius 2 is 1.91 bits per heavy atom. The number of hydrogen-bond donors (Lipinski definition) is 1. The lowest BCUT2D eigenvalue weighted by Crippen LogP contribution is -2.18. The lowest BCUT2D eigenvalue weighted by Gasteiger charge is -2.25. The fraction of sp³-hybridized carbons (Fsp3) is 0.423. The van der Waals surface area contributed by atoms with Crippen LogP contribution in [0.25, 0.3) is 0 Å².